The molecule has 0 bridgehead atoms. The van der Waals surface area contributed by atoms with Crippen molar-refractivity contribution in [3.8, 4) is 0 Å². The molecule has 0 saturated carbocycles. The number of carbonyl (C=O) groups is 1. The number of aromatic nitrogens is 1. The van der Waals surface area contributed by atoms with Gasteiger partial charge >= 0.3 is 0 Å². The summed E-state index contributed by atoms with van der Waals surface area (Å²) in [5.41, 5.74) is 2.67. The molecule has 0 aliphatic heterocycles. The van der Waals surface area contributed by atoms with E-state index in [-0.39, 0.29) is 12.5 Å². The second-order valence-corrected chi connectivity index (χ2v) is 5.02. The molecule has 0 unspecified atom stereocenters. The van der Waals surface area contributed by atoms with Crippen LogP contribution in [0.5, 0.6) is 0 Å². The van der Waals surface area contributed by atoms with Gasteiger partial charge in [0.15, 0.2) is 0 Å². The van der Waals surface area contributed by atoms with Crippen LogP contribution in [0.1, 0.15) is 21.6 Å². The van der Waals surface area contributed by atoms with E-state index < -0.39 is 0 Å². The van der Waals surface area contributed by atoms with E-state index in [1.165, 1.54) is 6.20 Å². The van der Waals surface area contributed by atoms with Crippen molar-refractivity contribution in [2.45, 2.75) is 13.5 Å². The van der Waals surface area contributed by atoms with E-state index in [4.69, 9.17) is 5.11 Å². The molecule has 0 aliphatic carbocycles. The van der Waals surface area contributed by atoms with Crippen LogP contribution in [-0.4, -0.2) is 16.0 Å². The SMILES string of the molecule is Cc1ccc(Br)cc1NC(=O)c1ccnc(CO)c1. The van der Waals surface area contributed by atoms with Crippen LogP contribution in [0, 0.1) is 6.92 Å². The number of carbonyl (C=O) groups excluding carboxylic acids is 1. The van der Waals surface area contributed by atoms with Gasteiger partial charge in [-0.15, -0.1) is 0 Å². The highest BCUT2D eigenvalue weighted by Gasteiger charge is 2.09. The number of pyridine rings is 1. The number of halogens is 1. The van der Waals surface area contributed by atoms with Gasteiger partial charge in [0.05, 0.1) is 12.3 Å². The van der Waals surface area contributed by atoms with E-state index >= 15 is 0 Å². The van der Waals surface area contributed by atoms with Crippen molar-refractivity contribution < 1.29 is 9.90 Å². The van der Waals surface area contributed by atoms with Crippen molar-refractivity contribution in [2.24, 2.45) is 0 Å². The molecule has 1 aromatic carbocycles. The van der Waals surface area contributed by atoms with E-state index in [0.29, 0.717) is 11.3 Å². The average molecular weight is 321 g/mol. The van der Waals surface area contributed by atoms with Crippen molar-refractivity contribution in [3.63, 3.8) is 0 Å². The molecule has 2 N–H and O–H groups in total. The van der Waals surface area contributed by atoms with Crippen molar-refractivity contribution in [2.75, 3.05) is 5.32 Å². The van der Waals surface area contributed by atoms with E-state index in [1.807, 2.05) is 25.1 Å². The summed E-state index contributed by atoms with van der Waals surface area (Å²) < 4.78 is 0.902. The lowest BCUT2D eigenvalue weighted by atomic mass is 10.1. The topological polar surface area (TPSA) is 62.2 Å². The van der Waals surface area contributed by atoms with Crippen molar-refractivity contribution in [3.05, 3.63) is 57.8 Å². The van der Waals surface area contributed by atoms with Gasteiger partial charge in [-0.25, -0.2) is 0 Å². The Balaban J connectivity index is 2.22. The van der Waals surface area contributed by atoms with Crippen LogP contribution in [0.25, 0.3) is 0 Å². The van der Waals surface area contributed by atoms with E-state index in [1.54, 1.807) is 12.1 Å². The molecular weight excluding hydrogens is 308 g/mol. The van der Waals surface area contributed by atoms with E-state index in [2.05, 4.69) is 26.2 Å². The lowest BCUT2D eigenvalue weighted by molar-refractivity contribution is 0.102. The zero-order chi connectivity index (χ0) is 13.8. The normalized spacial score (nSPS) is 10.3. The predicted molar refractivity (Wildman–Crippen MR) is 77.0 cm³/mol. The lowest BCUT2D eigenvalue weighted by Gasteiger charge is -2.09. The largest absolute Gasteiger partial charge is 0.390 e. The minimum Gasteiger partial charge on any atom is -0.390 e. The third-order valence-corrected chi connectivity index (χ3v) is 3.18. The summed E-state index contributed by atoms with van der Waals surface area (Å²) in [4.78, 5) is 16.1. The fraction of sp³-hybridized carbons (Fsp3) is 0.143. The molecule has 2 aromatic rings. The summed E-state index contributed by atoms with van der Waals surface area (Å²) >= 11 is 3.37. The Morgan fingerprint density at radius 1 is 1.37 bits per heavy atom. The molecular formula is C14H13BrN2O2. The lowest BCUT2D eigenvalue weighted by Crippen LogP contribution is -2.13. The maximum atomic E-state index is 12.1. The van der Waals surface area contributed by atoms with Gasteiger partial charge in [0, 0.05) is 21.9 Å². The zero-order valence-corrected chi connectivity index (χ0v) is 11.9. The Kier molecular flexibility index (Phi) is 4.29. The van der Waals surface area contributed by atoms with Gasteiger partial charge in [-0.1, -0.05) is 22.0 Å². The molecule has 1 heterocycles. The maximum Gasteiger partial charge on any atom is 0.255 e. The average Bonchev–Trinajstić information content (AvgIpc) is 2.43. The van der Waals surface area contributed by atoms with E-state index in [0.717, 1.165) is 15.7 Å². The minimum absolute atomic E-state index is 0.183. The van der Waals surface area contributed by atoms with Gasteiger partial charge < -0.3 is 10.4 Å². The van der Waals surface area contributed by atoms with Crippen LogP contribution < -0.4 is 5.32 Å². The Hall–Kier alpha value is -1.72. The first-order valence-electron chi connectivity index (χ1n) is 5.73. The second-order valence-electron chi connectivity index (χ2n) is 4.11. The second kappa shape index (κ2) is 5.95. The molecule has 0 fully saturated rings. The van der Waals surface area contributed by atoms with Gasteiger partial charge in [0.25, 0.3) is 5.91 Å². The van der Waals surface area contributed by atoms with Crippen LogP contribution >= 0.6 is 15.9 Å². The van der Waals surface area contributed by atoms with Crippen molar-refractivity contribution in [1.29, 1.82) is 0 Å². The van der Waals surface area contributed by atoms with Gasteiger partial charge in [0.1, 0.15) is 0 Å². The number of nitrogens with one attached hydrogen (secondary N) is 1. The number of hydrogen-bond acceptors (Lipinski definition) is 3. The Labute approximate surface area is 119 Å². The van der Waals surface area contributed by atoms with Crippen molar-refractivity contribution in [1.82, 2.24) is 4.98 Å². The fourth-order valence-electron chi connectivity index (χ4n) is 1.63. The zero-order valence-electron chi connectivity index (χ0n) is 10.4. The number of rotatable bonds is 3. The first-order valence-corrected chi connectivity index (χ1v) is 6.53. The first-order chi connectivity index (χ1) is 9.10. The summed E-state index contributed by atoms with van der Waals surface area (Å²) in [5.74, 6) is -0.224. The van der Waals surface area contributed by atoms with Crippen molar-refractivity contribution >= 4 is 27.5 Å². The predicted octanol–water partition coefficient (Wildman–Crippen LogP) is 2.90. The number of benzene rings is 1. The van der Waals surface area contributed by atoms with Gasteiger partial charge in [-0.2, -0.15) is 0 Å². The molecule has 0 aliphatic rings. The molecule has 0 atom stereocenters. The summed E-state index contributed by atoms with van der Waals surface area (Å²) in [6, 6.07) is 8.87. The molecule has 2 rings (SSSR count). The number of amides is 1. The summed E-state index contributed by atoms with van der Waals surface area (Å²) in [6.45, 7) is 1.74. The quantitative estimate of drug-likeness (QED) is 0.914. The summed E-state index contributed by atoms with van der Waals surface area (Å²) in [5, 5.41) is 11.9. The standard InChI is InChI=1S/C14H13BrN2O2/c1-9-2-3-11(15)7-13(9)17-14(19)10-4-5-16-12(6-10)8-18/h2-7,18H,8H2,1H3,(H,17,19). The van der Waals surface area contributed by atoms with Gasteiger partial charge in [-0.05, 0) is 36.8 Å². The fourth-order valence-corrected chi connectivity index (χ4v) is 1.99. The molecule has 5 heteroatoms. The third kappa shape index (κ3) is 3.39. The Morgan fingerprint density at radius 2 is 2.16 bits per heavy atom. The van der Waals surface area contributed by atoms with Gasteiger partial charge in [0.2, 0.25) is 0 Å². The highest BCUT2D eigenvalue weighted by atomic mass is 79.9. The monoisotopic (exact) mass is 320 g/mol. The molecule has 0 spiro atoms. The molecule has 0 radical (unpaired) electrons. The molecule has 0 saturated heterocycles. The number of hydrogen-bond donors (Lipinski definition) is 2. The van der Waals surface area contributed by atoms with Crippen LogP contribution in [-0.2, 0) is 6.61 Å². The maximum absolute atomic E-state index is 12.1. The van der Waals surface area contributed by atoms with Crippen LogP contribution in [0.15, 0.2) is 41.0 Å². The Morgan fingerprint density at radius 3 is 2.89 bits per heavy atom. The molecule has 19 heavy (non-hydrogen) atoms. The molecule has 98 valence electrons. The summed E-state index contributed by atoms with van der Waals surface area (Å²) in [6.07, 6.45) is 1.51. The van der Waals surface area contributed by atoms with Gasteiger partial charge in [-0.3, -0.25) is 9.78 Å². The van der Waals surface area contributed by atoms with Crippen LogP contribution in [0.2, 0.25) is 0 Å². The highest BCUT2D eigenvalue weighted by molar-refractivity contribution is 9.10. The van der Waals surface area contributed by atoms with Crippen LogP contribution in [0.4, 0.5) is 5.69 Å². The summed E-state index contributed by atoms with van der Waals surface area (Å²) in [7, 11) is 0. The number of anilines is 1. The number of aliphatic hydroxyl groups is 1. The molecule has 1 aromatic heterocycles. The first kappa shape index (κ1) is 13.7. The Bertz CT molecular complexity index is 614. The van der Waals surface area contributed by atoms with E-state index in [9.17, 15) is 4.79 Å². The number of aliphatic hydroxyl groups excluding tert-OH is 1. The van der Waals surface area contributed by atoms with Crippen LogP contribution in [0.3, 0.4) is 0 Å². The highest BCUT2D eigenvalue weighted by Crippen LogP contribution is 2.21. The number of nitrogens with zero attached hydrogens (tertiary/aromatic N) is 1. The number of aryl methyl sites for hydroxylation is 1. The minimum atomic E-state index is -0.224. The molecule has 1 amide bonds. The third-order valence-electron chi connectivity index (χ3n) is 2.69. The molecule has 4 nitrogen and oxygen atoms in total. The smallest absolute Gasteiger partial charge is 0.255 e.